The minimum Gasteiger partial charge on any atom is -0.402 e. The van der Waals surface area contributed by atoms with Crippen LogP contribution in [0.15, 0.2) is 82.6 Å². The second kappa shape index (κ2) is 8.73. The van der Waals surface area contributed by atoms with E-state index in [2.05, 4.69) is 47.8 Å². The molecule has 0 saturated heterocycles. The Hall–Kier alpha value is -2.79. The van der Waals surface area contributed by atoms with E-state index in [-0.39, 0.29) is 0 Å². The topological polar surface area (TPSA) is 63.3 Å². The van der Waals surface area contributed by atoms with E-state index >= 15 is 0 Å². The summed E-state index contributed by atoms with van der Waals surface area (Å²) in [4.78, 5) is 10.1. The van der Waals surface area contributed by atoms with Crippen LogP contribution in [0.5, 0.6) is 0 Å². The zero-order chi connectivity index (χ0) is 19.2. The van der Waals surface area contributed by atoms with Gasteiger partial charge in [0.05, 0.1) is 5.69 Å². The number of fused-ring (bicyclic) bond motifs is 1. The first-order valence-corrected chi connectivity index (χ1v) is 9.72. The quantitative estimate of drug-likeness (QED) is 0.348. The molecule has 3 aromatic rings. The lowest BCUT2D eigenvalue weighted by Crippen LogP contribution is -2.14. The van der Waals surface area contributed by atoms with Crippen LogP contribution in [0.1, 0.15) is 32.3 Å². The fourth-order valence-corrected chi connectivity index (χ4v) is 3.26. The molecule has 3 N–H and O–H groups in total. The molecule has 0 atom stereocenters. The lowest BCUT2D eigenvalue weighted by Gasteiger charge is -2.09. The van der Waals surface area contributed by atoms with Crippen LogP contribution in [0.4, 0.5) is 5.69 Å². The number of benzene rings is 2. The highest BCUT2D eigenvalue weighted by Crippen LogP contribution is 2.26. The van der Waals surface area contributed by atoms with E-state index in [9.17, 15) is 0 Å². The maximum absolute atomic E-state index is 5.90. The van der Waals surface area contributed by atoms with Crippen LogP contribution in [0.3, 0.4) is 0 Å². The fourth-order valence-electron chi connectivity index (χ4n) is 2.66. The minimum atomic E-state index is 0.526. The lowest BCUT2D eigenvalue weighted by molar-refractivity contribution is 0.865. The highest BCUT2D eigenvalue weighted by Gasteiger charge is 2.04. The molecule has 0 aliphatic rings. The summed E-state index contributed by atoms with van der Waals surface area (Å²) in [5.74, 6) is 1.23. The summed E-state index contributed by atoms with van der Waals surface area (Å²) >= 11 is 1.52. The summed E-state index contributed by atoms with van der Waals surface area (Å²) in [6.45, 7) is 6.24. The van der Waals surface area contributed by atoms with E-state index in [0.717, 1.165) is 21.4 Å². The monoisotopic (exact) mass is 376 g/mol. The summed E-state index contributed by atoms with van der Waals surface area (Å²) in [5, 5.41) is 2.12. The Balaban J connectivity index is 1.85. The molecule has 1 aromatic heterocycles. The maximum Gasteiger partial charge on any atom is 0.138 e. The smallest absolute Gasteiger partial charge is 0.138 e. The minimum absolute atomic E-state index is 0.526. The lowest BCUT2D eigenvalue weighted by atomic mass is 10.0. The molecule has 4 nitrogen and oxygen atoms in total. The zero-order valence-electron chi connectivity index (χ0n) is 15.8. The van der Waals surface area contributed by atoms with Crippen LogP contribution in [0, 0.1) is 0 Å². The molecule has 0 aliphatic carbocycles. The number of nitrogens with one attached hydrogen (secondary N) is 1. The van der Waals surface area contributed by atoms with Crippen molar-refractivity contribution in [1.82, 2.24) is 9.71 Å². The van der Waals surface area contributed by atoms with Gasteiger partial charge in [0.15, 0.2) is 0 Å². The molecule has 138 valence electrons. The first-order valence-electron chi connectivity index (χ1n) is 8.91. The third kappa shape index (κ3) is 5.11. The molecule has 2 aromatic carbocycles. The number of aromatic nitrogens is 1. The Labute approximate surface area is 164 Å². The molecule has 27 heavy (non-hydrogen) atoms. The van der Waals surface area contributed by atoms with Gasteiger partial charge in [-0.15, -0.1) is 0 Å². The molecule has 0 unspecified atom stereocenters. The second-order valence-corrected chi connectivity index (χ2v) is 7.57. The number of hydrogen-bond donors (Lipinski definition) is 2. The standard InChI is InChI=1S/C22H24N4S/c1-15(2)17-7-9-19(10-8-17)27-26-22(13-16(3)23)25-21-6-4-5-18-14-24-12-11-20(18)21/h4-15H,23H2,1-3H3,(H,25,26). The third-order valence-corrected chi connectivity index (χ3v) is 4.90. The molecule has 0 aliphatic heterocycles. The molecule has 0 spiro atoms. The van der Waals surface area contributed by atoms with E-state index in [1.807, 2.05) is 43.5 Å². The van der Waals surface area contributed by atoms with Crippen LogP contribution in [-0.2, 0) is 0 Å². The SMILES string of the molecule is CC(N)=CC(=Nc1cccc2cnccc12)NSc1ccc(C(C)C)cc1. The van der Waals surface area contributed by atoms with E-state index in [1.54, 1.807) is 6.20 Å². The summed E-state index contributed by atoms with van der Waals surface area (Å²) in [6.07, 6.45) is 5.47. The molecule has 0 saturated carbocycles. The summed E-state index contributed by atoms with van der Waals surface area (Å²) in [5.41, 5.74) is 8.81. The molecular weight excluding hydrogens is 352 g/mol. The van der Waals surface area contributed by atoms with Gasteiger partial charge in [0.25, 0.3) is 0 Å². The Morgan fingerprint density at radius 2 is 1.93 bits per heavy atom. The van der Waals surface area contributed by atoms with Crippen LogP contribution < -0.4 is 10.5 Å². The summed E-state index contributed by atoms with van der Waals surface area (Å²) in [6, 6.07) is 16.5. The van der Waals surface area contributed by atoms with Crippen molar-refractivity contribution in [2.75, 3.05) is 0 Å². The molecule has 5 heteroatoms. The molecule has 0 fully saturated rings. The highest BCUT2D eigenvalue weighted by molar-refractivity contribution is 7.98. The molecule has 3 rings (SSSR count). The van der Waals surface area contributed by atoms with Crippen molar-refractivity contribution < 1.29 is 0 Å². The van der Waals surface area contributed by atoms with Crippen molar-refractivity contribution in [1.29, 1.82) is 0 Å². The van der Waals surface area contributed by atoms with Gasteiger partial charge in [-0.05, 0) is 60.7 Å². The van der Waals surface area contributed by atoms with Crippen molar-refractivity contribution in [3.8, 4) is 0 Å². The number of allylic oxidation sites excluding steroid dienone is 1. The van der Waals surface area contributed by atoms with Crippen LogP contribution in [0.2, 0.25) is 0 Å². The van der Waals surface area contributed by atoms with Crippen molar-refractivity contribution in [2.24, 2.45) is 10.7 Å². The van der Waals surface area contributed by atoms with Gasteiger partial charge in [-0.2, -0.15) is 0 Å². The Morgan fingerprint density at radius 1 is 1.15 bits per heavy atom. The summed E-state index contributed by atoms with van der Waals surface area (Å²) < 4.78 is 3.32. The Kier molecular flexibility index (Phi) is 6.14. The first-order chi connectivity index (χ1) is 13.0. The van der Waals surface area contributed by atoms with E-state index in [1.165, 1.54) is 17.5 Å². The number of pyridine rings is 1. The van der Waals surface area contributed by atoms with Gasteiger partial charge in [-0.3, -0.25) is 4.98 Å². The maximum atomic E-state index is 5.90. The van der Waals surface area contributed by atoms with Crippen molar-refractivity contribution >= 4 is 34.2 Å². The zero-order valence-corrected chi connectivity index (χ0v) is 16.6. The van der Waals surface area contributed by atoms with E-state index < -0.39 is 0 Å². The molecule has 0 amide bonds. The number of amidine groups is 1. The van der Waals surface area contributed by atoms with Gasteiger partial charge in [0, 0.05) is 33.8 Å². The number of nitrogens with zero attached hydrogens (tertiary/aromatic N) is 2. The Morgan fingerprint density at radius 3 is 2.63 bits per heavy atom. The van der Waals surface area contributed by atoms with E-state index in [0.29, 0.717) is 17.5 Å². The number of hydrogen-bond acceptors (Lipinski definition) is 4. The third-order valence-electron chi connectivity index (χ3n) is 4.08. The molecule has 0 radical (unpaired) electrons. The number of aliphatic imine (C=N–C) groups is 1. The fraction of sp³-hybridized carbons (Fsp3) is 0.182. The van der Waals surface area contributed by atoms with Crippen molar-refractivity contribution in [2.45, 2.75) is 31.6 Å². The van der Waals surface area contributed by atoms with Gasteiger partial charge < -0.3 is 10.5 Å². The van der Waals surface area contributed by atoms with Gasteiger partial charge in [-0.25, -0.2) is 4.99 Å². The normalized spacial score (nSPS) is 12.6. The summed E-state index contributed by atoms with van der Waals surface area (Å²) in [7, 11) is 0. The average Bonchev–Trinajstić information content (AvgIpc) is 2.66. The molecule has 0 bridgehead atoms. The average molecular weight is 377 g/mol. The van der Waals surface area contributed by atoms with Crippen molar-refractivity contribution in [3.63, 3.8) is 0 Å². The predicted molar refractivity (Wildman–Crippen MR) is 116 cm³/mol. The van der Waals surface area contributed by atoms with Gasteiger partial charge in [0.1, 0.15) is 5.84 Å². The first kappa shape index (κ1) is 19.0. The van der Waals surface area contributed by atoms with Gasteiger partial charge in [0.2, 0.25) is 0 Å². The predicted octanol–water partition coefficient (Wildman–Crippen LogP) is 5.55. The van der Waals surface area contributed by atoms with Gasteiger partial charge in [-0.1, -0.05) is 38.1 Å². The van der Waals surface area contributed by atoms with Crippen LogP contribution in [-0.4, -0.2) is 10.8 Å². The molecular formula is C22H24N4S. The highest BCUT2D eigenvalue weighted by atomic mass is 32.2. The Bertz CT molecular complexity index is 966. The van der Waals surface area contributed by atoms with Gasteiger partial charge >= 0.3 is 0 Å². The van der Waals surface area contributed by atoms with Crippen LogP contribution >= 0.6 is 11.9 Å². The number of nitrogens with two attached hydrogens (primary N) is 1. The second-order valence-electron chi connectivity index (χ2n) is 6.69. The number of rotatable bonds is 5. The van der Waals surface area contributed by atoms with Crippen LogP contribution in [0.25, 0.3) is 10.8 Å². The van der Waals surface area contributed by atoms with E-state index in [4.69, 9.17) is 10.7 Å². The largest absolute Gasteiger partial charge is 0.402 e. The van der Waals surface area contributed by atoms with Crippen molar-refractivity contribution in [3.05, 3.63) is 78.3 Å². The molecule has 1 heterocycles.